The van der Waals surface area contributed by atoms with E-state index in [1.807, 2.05) is 0 Å². The van der Waals surface area contributed by atoms with Crippen LogP contribution in [-0.4, -0.2) is 17.4 Å². The van der Waals surface area contributed by atoms with E-state index in [4.69, 9.17) is 0 Å². The van der Waals surface area contributed by atoms with Crippen LogP contribution in [0.3, 0.4) is 0 Å². The third-order valence-corrected chi connectivity index (χ3v) is 5.23. The number of hydrogen-bond donors (Lipinski definition) is 1. The Labute approximate surface area is 123 Å². The van der Waals surface area contributed by atoms with Crippen molar-refractivity contribution in [2.45, 2.75) is 31.1 Å². The van der Waals surface area contributed by atoms with Crippen molar-refractivity contribution in [2.75, 3.05) is 6.54 Å². The van der Waals surface area contributed by atoms with Crippen LogP contribution in [0.25, 0.3) is 0 Å². The Morgan fingerprint density at radius 2 is 2.15 bits per heavy atom. The van der Waals surface area contributed by atoms with E-state index >= 15 is 0 Å². The highest BCUT2D eigenvalue weighted by atomic mass is 32.1. The Morgan fingerprint density at radius 3 is 2.80 bits per heavy atom. The van der Waals surface area contributed by atoms with Crippen molar-refractivity contribution in [2.24, 2.45) is 0 Å². The van der Waals surface area contributed by atoms with E-state index in [0.717, 1.165) is 6.54 Å². The molecule has 4 heteroatoms. The molecule has 2 aromatic rings. The molecule has 0 unspecified atom stereocenters. The van der Waals surface area contributed by atoms with E-state index in [9.17, 15) is 4.79 Å². The number of hydrogen-bond acceptors (Lipinski definition) is 3. The number of carbonyl (C=O) groups is 1. The summed E-state index contributed by atoms with van der Waals surface area (Å²) in [6, 6.07) is 7.89. The molecule has 0 spiro atoms. The lowest BCUT2D eigenvalue weighted by atomic mass is 9.84. The molecule has 104 valence electrons. The summed E-state index contributed by atoms with van der Waals surface area (Å²) in [6.45, 7) is 0.723. The second-order valence-corrected chi connectivity index (χ2v) is 6.34. The van der Waals surface area contributed by atoms with Crippen molar-refractivity contribution in [3.8, 4) is 0 Å². The molecule has 0 radical (unpaired) electrons. The van der Waals surface area contributed by atoms with Gasteiger partial charge in [0.1, 0.15) is 0 Å². The minimum Gasteiger partial charge on any atom is -0.351 e. The van der Waals surface area contributed by atoms with Crippen LogP contribution in [0, 0.1) is 0 Å². The maximum absolute atomic E-state index is 12.2. The van der Waals surface area contributed by atoms with Crippen LogP contribution in [0.4, 0.5) is 0 Å². The van der Waals surface area contributed by atoms with Crippen LogP contribution in [0.1, 0.15) is 40.9 Å². The summed E-state index contributed by atoms with van der Waals surface area (Å²) in [6.07, 6.45) is 8.13. The van der Waals surface area contributed by atoms with Crippen molar-refractivity contribution >= 4 is 17.2 Å². The highest BCUT2D eigenvalue weighted by molar-refractivity contribution is 7.10. The molecule has 2 heterocycles. The maximum Gasteiger partial charge on any atom is 0.252 e. The van der Waals surface area contributed by atoms with Crippen molar-refractivity contribution in [1.82, 2.24) is 10.3 Å². The zero-order valence-corrected chi connectivity index (χ0v) is 12.2. The molecular formula is C16H18N2OS. The first-order valence-electron chi connectivity index (χ1n) is 7.02. The third-order valence-electron chi connectivity index (χ3n) is 4.12. The highest BCUT2D eigenvalue weighted by Crippen LogP contribution is 2.42. The normalized spacial score (nSPS) is 17.0. The average molecular weight is 286 g/mol. The van der Waals surface area contributed by atoms with Crippen molar-refractivity contribution in [3.63, 3.8) is 0 Å². The molecule has 20 heavy (non-hydrogen) atoms. The topological polar surface area (TPSA) is 42.0 Å². The molecule has 1 amide bonds. The smallest absolute Gasteiger partial charge is 0.252 e. The van der Waals surface area contributed by atoms with E-state index in [-0.39, 0.29) is 11.3 Å². The molecule has 0 aromatic carbocycles. The first kappa shape index (κ1) is 13.3. The predicted octanol–water partition coefficient (Wildman–Crippen LogP) is 3.38. The Kier molecular flexibility index (Phi) is 3.83. The maximum atomic E-state index is 12.2. The lowest BCUT2D eigenvalue weighted by Gasteiger charge is -2.28. The Hall–Kier alpha value is -1.68. The molecule has 0 aliphatic heterocycles. The van der Waals surface area contributed by atoms with E-state index in [2.05, 4.69) is 27.8 Å². The molecule has 2 aromatic heterocycles. The van der Waals surface area contributed by atoms with Crippen LogP contribution in [0.2, 0.25) is 0 Å². The zero-order chi connectivity index (χ0) is 13.8. The number of pyridine rings is 1. The molecule has 0 saturated heterocycles. The van der Waals surface area contributed by atoms with Gasteiger partial charge in [-0.15, -0.1) is 11.3 Å². The Bertz CT molecular complexity index is 559. The fraction of sp³-hybridized carbons (Fsp3) is 0.375. The molecule has 1 fully saturated rings. The van der Waals surface area contributed by atoms with Gasteiger partial charge in [0, 0.05) is 29.2 Å². The van der Waals surface area contributed by atoms with Gasteiger partial charge in [-0.05, 0) is 36.4 Å². The minimum absolute atomic E-state index is 0.0269. The number of carbonyl (C=O) groups excluding carboxylic acids is 1. The largest absolute Gasteiger partial charge is 0.351 e. The lowest BCUT2D eigenvalue weighted by molar-refractivity contribution is 0.0943. The quantitative estimate of drug-likeness (QED) is 0.936. The summed E-state index contributed by atoms with van der Waals surface area (Å²) >= 11 is 1.80. The van der Waals surface area contributed by atoms with Crippen molar-refractivity contribution in [1.29, 1.82) is 0 Å². The van der Waals surface area contributed by atoms with E-state index < -0.39 is 0 Å². The molecule has 3 rings (SSSR count). The minimum atomic E-state index is -0.0269. The van der Waals surface area contributed by atoms with Gasteiger partial charge in [0.15, 0.2) is 0 Å². The van der Waals surface area contributed by atoms with Gasteiger partial charge in [-0.25, -0.2) is 0 Å². The second-order valence-electron chi connectivity index (χ2n) is 5.39. The average Bonchev–Trinajstić information content (AvgIpc) is 3.17. The molecule has 1 N–H and O–H groups in total. The first-order chi connectivity index (χ1) is 9.80. The van der Waals surface area contributed by atoms with Gasteiger partial charge < -0.3 is 5.32 Å². The SMILES string of the molecule is O=C(NCC1(c2cccs2)CCCC1)c1cccnc1. The number of nitrogens with one attached hydrogen (secondary N) is 1. The van der Waals surface area contributed by atoms with Gasteiger partial charge in [-0.3, -0.25) is 9.78 Å². The van der Waals surface area contributed by atoms with Crippen LogP contribution in [0.5, 0.6) is 0 Å². The van der Waals surface area contributed by atoms with Gasteiger partial charge in [0.2, 0.25) is 0 Å². The zero-order valence-electron chi connectivity index (χ0n) is 11.3. The first-order valence-corrected chi connectivity index (χ1v) is 7.90. The van der Waals surface area contributed by atoms with Crippen LogP contribution < -0.4 is 5.32 Å². The summed E-state index contributed by atoms with van der Waals surface area (Å²) in [5.41, 5.74) is 0.776. The van der Waals surface area contributed by atoms with Crippen LogP contribution in [-0.2, 0) is 5.41 Å². The number of aromatic nitrogens is 1. The van der Waals surface area contributed by atoms with Crippen molar-refractivity contribution < 1.29 is 4.79 Å². The molecule has 0 atom stereocenters. The monoisotopic (exact) mass is 286 g/mol. The molecular weight excluding hydrogens is 268 g/mol. The number of amides is 1. The highest BCUT2D eigenvalue weighted by Gasteiger charge is 2.36. The fourth-order valence-corrected chi connectivity index (χ4v) is 3.98. The summed E-state index contributed by atoms with van der Waals surface area (Å²) in [7, 11) is 0. The van der Waals surface area contributed by atoms with E-state index in [0.29, 0.717) is 5.56 Å². The van der Waals surface area contributed by atoms with Gasteiger partial charge in [-0.2, -0.15) is 0 Å². The number of nitrogens with zero attached hydrogens (tertiary/aromatic N) is 1. The van der Waals surface area contributed by atoms with E-state index in [1.165, 1.54) is 30.6 Å². The second kappa shape index (κ2) is 5.75. The molecule has 1 saturated carbocycles. The van der Waals surface area contributed by atoms with Gasteiger partial charge >= 0.3 is 0 Å². The van der Waals surface area contributed by atoms with Gasteiger partial charge in [0.05, 0.1) is 5.56 Å². The van der Waals surface area contributed by atoms with Crippen LogP contribution >= 0.6 is 11.3 Å². The third kappa shape index (κ3) is 2.61. The van der Waals surface area contributed by atoms with Crippen molar-refractivity contribution in [3.05, 3.63) is 52.5 Å². The summed E-state index contributed by atoms with van der Waals surface area (Å²) < 4.78 is 0. The number of thiophene rings is 1. The summed E-state index contributed by atoms with van der Waals surface area (Å²) in [4.78, 5) is 17.6. The van der Waals surface area contributed by atoms with E-state index in [1.54, 1.807) is 35.9 Å². The summed E-state index contributed by atoms with van der Waals surface area (Å²) in [5, 5.41) is 5.22. The van der Waals surface area contributed by atoms with Gasteiger partial charge in [-0.1, -0.05) is 18.9 Å². The number of rotatable bonds is 4. The Balaban J connectivity index is 1.71. The summed E-state index contributed by atoms with van der Waals surface area (Å²) in [5.74, 6) is -0.0269. The van der Waals surface area contributed by atoms with Crippen LogP contribution in [0.15, 0.2) is 42.0 Å². The standard InChI is InChI=1S/C16H18N2OS/c19-15(13-5-3-9-17-11-13)18-12-16(7-1-2-8-16)14-6-4-10-20-14/h3-6,9-11H,1-2,7-8,12H2,(H,18,19). The molecule has 1 aliphatic carbocycles. The molecule has 0 bridgehead atoms. The fourth-order valence-electron chi connectivity index (χ4n) is 2.99. The lowest BCUT2D eigenvalue weighted by Crippen LogP contribution is -2.38. The molecule has 1 aliphatic rings. The predicted molar refractivity (Wildman–Crippen MR) is 81.0 cm³/mol. The van der Waals surface area contributed by atoms with Gasteiger partial charge in [0.25, 0.3) is 5.91 Å². The molecule has 3 nitrogen and oxygen atoms in total. The Morgan fingerprint density at radius 1 is 1.30 bits per heavy atom.